The van der Waals surface area contributed by atoms with E-state index in [0.717, 1.165) is 35.4 Å². The average molecular weight is 532 g/mol. The number of carbonyl (C=O) groups is 1. The molecule has 1 aliphatic rings. The van der Waals surface area contributed by atoms with E-state index in [1.54, 1.807) is 25.1 Å². The number of nitrogens with one attached hydrogen (secondary N) is 1. The second kappa shape index (κ2) is 10.5. The van der Waals surface area contributed by atoms with Gasteiger partial charge in [-0.2, -0.15) is 13.2 Å². The Bertz CT molecular complexity index is 1370. The van der Waals surface area contributed by atoms with Crippen LogP contribution in [-0.2, 0) is 29.1 Å². The third-order valence-electron chi connectivity index (χ3n) is 6.65. The predicted molar refractivity (Wildman–Crippen MR) is 135 cm³/mol. The number of sulfone groups is 1. The first-order valence-electron chi connectivity index (χ1n) is 12.0. The maximum Gasteiger partial charge on any atom is 0.417 e. The van der Waals surface area contributed by atoms with Crippen LogP contribution >= 0.6 is 0 Å². The van der Waals surface area contributed by atoms with Gasteiger partial charge in [0.15, 0.2) is 9.84 Å². The molecule has 0 fully saturated rings. The quantitative estimate of drug-likeness (QED) is 0.445. The van der Waals surface area contributed by atoms with E-state index in [9.17, 15) is 26.4 Å². The highest BCUT2D eigenvalue weighted by Gasteiger charge is 2.31. The van der Waals surface area contributed by atoms with Gasteiger partial charge in [0.2, 0.25) is 0 Å². The van der Waals surface area contributed by atoms with Crippen LogP contribution in [0, 0.1) is 0 Å². The van der Waals surface area contributed by atoms with Crippen LogP contribution in [-0.4, -0.2) is 31.6 Å². The van der Waals surface area contributed by atoms with Crippen LogP contribution in [0.3, 0.4) is 0 Å². The zero-order valence-corrected chi connectivity index (χ0v) is 21.4. The molecule has 4 rings (SSSR count). The number of hydrogen-bond donors (Lipinski definition) is 1. The van der Waals surface area contributed by atoms with E-state index in [2.05, 4.69) is 17.2 Å². The number of amides is 1. The molecule has 37 heavy (non-hydrogen) atoms. The molecule has 0 saturated carbocycles. The Labute approximate surface area is 214 Å². The monoisotopic (exact) mass is 531 g/mol. The zero-order valence-electron chi connectivity index (χ0n) is 20.5. The summed E-state index contributed by atoms with van der Waals surface area (Å²) in [4.78, 5) is 19.1. The van der Waals surface area contributed by atoms with Crippen LogP contribution in [0.25, 0.3) is 0 Å². The Morgan fingerprint density at radius 1 is 1.08 bits per heavy atom. The Balaban J connectivity index is 1.48. The van der Waals surface area contributed by atoms with Crippen molar-refractivity contribution in [2.24, 2.45) is 0 Å². The lowest BCUT2D eigenvalue weighted by molar-refractivity contribution is -0.137. The fourth-order valence-electron chi connectivity index (χ4n) is 4.45. The van der Waals surface area contributed by atoms with E-state index < -0.39 is 21.6 Å². The third-order valence-corrected chi connectivity index (χ3v) is 8.41. The van der Waals surface area contributed by atoms with Gasteiger partial charge in [-0.15, -0.1) is 0 Å². The van der Waals surface area contributed by atoms with Crippen LogP contribution in [0.1, 0.15) is 58.8 Å². The second-order valence-corrected chi connectivity index (χ2v) is 11.3. The molecule has 3 aromatic rings. The summed E-state index contributed by atoms with van der Waals surface area (Å²) >= 11 is 0. The molecular formula is C27H28F3N3O3S. The maximum atomic E-state index is 12.9. The van der Waals surface area contributed by atoms with Crippen LogP contribution in [0.4, 0.5) is 19.0 Å². The number of aromatic nitrogens is 1. The topological polar surface area (TPSA) is 79.4 Å². The summed E-state index contributed by atoms with van der Waals surface area (Å²) in [7, 11) is -3.28. The number of hydrogen-bond acceptors (Lipinski definition) is 5. The van der Waals surface area contributed by atoms with Gasteiger partial charge in [-0.25, -0.2) is 13.4 Å². The first kappa shape index (κ1) is 26.7. The van der Waals surface area contributed by atoms with Gasteiger partial charge in [-0.1, -0.05) is 32.0 Å². The van der Waals surface area contributed by atoms with Crippen molar-refractivity contribution in [3.63, 3.8) is 0 Å². The number of anilines is 1. The summed E-state index contributed by atoms with van der Waals surface area (Å²) < 4.78 is 62.7. The lowest BCUT2D eigenvalue weighted by Gasteiger charge is -2.35. The van der Waals surface area contributed by atoms with Gasteiger partial charge in [-0.3, -0.25) is 4.79 Å². The molecule has 2 heterocycles. The highest BCUT2D eigenvalue weighted by atomic mass is 32.2. The number of benzene rings is 2. The summed E-state index contributed by atoms with van der Waals surface area (Å²) in [6.07, 6.45) is -2.76. The molecule has 0 aliphatic carbocycles. The zero-order chi connectivity index (χ0) is 26.8. The minimum atomic E-state index is -4.44. The second-order valence-electron chi connectivity index (χ2n) is 9.03. The van der Waals surface area contributed by atoms with Crippen LogP contribution in [0.15, 0.2) is 65.7 Å². The molecule has 2 aromatic carbocycles. The van der Waals surface area contributed by atoms with E-state index in [0.29, 0.717) is 24.5 Å². The van der Waals surface area contributed by atoms with Gasteiger partial charge in [-0.05, 0) is 59.5 Å². The van der Waals surface area contributed by atoms with E-state index in [1.807, 2.05) is 17.0 Å². The van der Waals surface area contributed by atoms with Gasteiger partial charge in [0.25, 0.3) is 5.91 Å². The Morgan fingerprint density at radius 3 is 2.41 bits per heavy atom. The number of rotatable bonds is 7. The first-order valence-corrected chi connectivity index (χ1v) is 13.7. The average Bonchev–Trinajstić information content (AvgIpc) is 2.90. The first-order chi connectivity index (χ1) is 17.5. The van der Waals surface area contributed by atoms with Crippen molar-refractivity contribution in [1.29, 1.82) is 0 Å². The van der Waals surface area contributed by atoms with E-state index in [4.69, 9.17) is 0 Å². The molecular weight excluding hydrogens is 503 g/mol. The van der Waals surface area contributed by atoms with Crippen LogP contribution in [0.5, 0.6) is 0 Å². The highest BCUT2D eigenvalue weighted by molar-refractivity contribution is 7.91. The molecule has 196 valence electrons. The summed E-state index contributed by atoms with van der Waals surface area (Å²) in [6.45, 7) is 4.93. The van der Waals surface area contributed by atoms with Crippen molar-refractivity contribution in [2.45, 2.75) is 50.3 Å². The molecule has 1 N–H and O–H groups in total. The van der Waals surface area contributed by atoms with Crippen molar-refractivity contribution in [2.75, 3.05) is 17.2 Å². The minimum Gasteiger partial charge on any atom is -0.352 e. The molecule has 6 nitrogen and oxygen atoms in total. The third kappa shape index (κ3) is 5.95. The predicted octanol–water partition coefficient (Wildman–Crippen LogP) is 5.34. The minimum absolute atomic E-state index is 0.0205. The molecule has 1 amide bonds. The van der Waals surface area contributed by atoms with Crippen molar-refractivity contribution in [3.05, 3.63) is 88.6 Å². The van der Waals surface area contributed by atoms with Gasteiger partial charge >= 0.3 is 6.18 Å². The number of fused-ring (bicyclic) bond motifs is 1. The summed E-state index contributed by atoms with van der Waals surface area (Å²) in [5.41, 5.74) is 2.51. The van der Waals surface area contributed by atoms with Gasteiger partial charge in [0.1, 0.15) is 5.82 Å². The van der Waals surface area contributed by atoms with Crippen molar-refractivity contribution >= 4 is 21.6 Å². The molecule has 1 unspecified atom stereocenters. The molecule has 1 aliphatic heterocycles. The van der Waals surface area contributed by atoms with Gasteiger partial charge < -0.3 is 10.2 Å². The molecule has 0 bridgehead atoms. The van der Waals surface area contributed by atoms with Crippen LogP contribution < -0.4 is 10.2 Å². The molecule has 0 radical (unpaired) electrons. The standard InChI is InChI=1S/C27H28F3N3O3S/c1-3-19-16-33(25-12-8-22(15-31-25)27(28,29)30)17-21-13-20(7-11-24(19)21)26(34)32-14-18-5-9-23(10-6-18)37(35,36)4-2/h5-13,15,19H,3-4,14,16-17H2,1-2H3,(H,32,34). The van der Waals surface area contributed by atoms with Crippen molar-refractivity contribution in [1.82, 2.24) is 10.3 Å². The van der Waals surface area contributed by atoms with Crippen LogP contribution in [0.2, 0.25) is 0 Å². The van der Waals surface area contributed by atoms with Gasteiger partial charge in [0, 0.05) is 37.3 Å². The van der Waals surface area contributed by atoms with Gasteiger partial charge in [0.05, 0.1) is 16.2 Å². The molecule has 10 heteroatoms. The number of carbonyl (C=O) groups excluding carboxylic acids is 1. The Kier molecular flexibility index (Phi) is 7.59. The Hall–Kier alpha value is -3.40. The lowest BCUT2D eigenvalue weighted by Crippen LogP contribution is -2.34. The fourth-order valence-corrected chi connectivity index (χ4v) is 5.33. The molecule has 0 saturated heterocycles. The van der Waals surface area contributed by atoms with E-state index in [1.165, 1.54) is 18.2 Å². The smallest absolute Gasteiger partial charge is 0.352 e. The van der Waals surface area contributed by atoms with E-state index >= 15 is 0 Å². The number of alkyl halides is 3. The number of nitrogens with zero attached hydrogens (tertiary/aromatic N) is 2. The van der Waals surface area contributed by atoms with Crippen molar-refractivity contribution < 1.29 is 26.4 Å². The Morgan fingerprint density at radius 2 is 1.81 bits per heavy atom. The van der Waals surface area contributed by atoms with Crippen molar-refractivity contribution in [3.8, 4) is 0 Å². The SMILES string of the molecule is CCC1CN(c2ccc(C(F)(F)F)cn2)Cc2cc(C(=O)NCc3ccc(S(=O)(=O)CC)cc3)ccc21. The normalized spacial score (nSPS) is 15.8. The fraction of sp³-hybridized carbons (Fsp3) is 0.333. The summed E-state index contributed by atoms with van der Waals surface area (Å²) in [6, 6.07) is 14.4. The molecule has 1 aromatic heterocycles. The summed E-state index contributed by atoms with van der Waals surface area (Å²) in [5, 5.41) is 2.86. The largest absolute Gasteiger partial charge is 0.417 e. The molecule has 0 spiro atoms. The lowest BCUT2D eigenvalue weighted by atomic mass is 9.87. The maximum absolute atomic E-state index is 12.9. The highest BCUT2D eigenvalue weighted by Crippen LogP contribution is 2.34. The van der Waals surface area contributed by atoms with E-state index in [-0.39, 0.29) is 29.0 Å². The molecule has 1 atom stereocenters. The number of pyridine rings is 1. The summed E-state index contributed by atoms with van der Waals surface area (Å²) in [5.74, 6) is 0.362. The number of halogens is 3.